The van der Waals surface area contributed by atoms with E-state index in [0.29, 0.717) is 12.4 Å². The standard InChI is InChI=1S/C30H32N4O2/c1-4-19-33(28(36)20-24-11-7-5-8-12-24)21-27(35)31-30-29(25-13-9-6-10-14-25)23(3)32-34(30)26-17-15-22(2)16-18-26/h5-18H,4,19-21H2,1-3H3,(H,31,35). The van der Waals surface area contributed by atoms with Crippen LogP contribution in [0.2, 0.25) is 0 Å². The van der Waals surface area contributed by atoms with Crippen molar-refractivity contribution in [2.75, 3.05) is 18.4 Å². The molecule has 4 rings (SSSR count). The zero-order valence-corrected chi connectivity index (χ0v) is 21.1. The summed E-state index contributed by atoms with van der Waals surface area (Å²) in [5, 5.41) is 7.85. The summed E-state index contributed by atoms with van der Waals surface area (Å²) in [5.74, 6) is 0.277. The fourth-order valence-electron chi connectivity index (χ4n) is 4.26. The Morgan fingerprint density at radius 1 is 0.889 bits per heavy atom. The van der Waals surface area contributed by atoms with Crippen molar-refractivity contribution < 1.29 is 9.59 Å². The van der Waals surface area contributed by atoms with Crippen molar-refractivity contribution in [1.29, 1.82) is 0 Å². The van der Waals surface area contributed by atoms with Gasteiger partial charge in [-0.05, 0) is 43.5 Å². The van der Waals surface area contributed by atoms with E-state index in [-0.39, 0.29) is 24.8 Å². The molecule has 36 heavy (non-hydrogen) atoms. The van der Waals surface area contributed by atoms with E-state index < -0.39 is 0 Å². The molecule has 0 aliphatic carbocycles. The Morgan fingerprint density at radius 3 is 2.17 bits per heavy atom. The molecule has 184 valence electrons. The number of aryl methyl sites for hydroxylation is 2. The van der Waals surface area contributed by atoms with Crippen LogP contribution in [0.15, 0.2) is 84.9 Å². The molecule has 0 radical (unpaired) electrons. The number of hydrogen-bond donors (Lipinski definition) is 1. The van der Waals surface area contributed by atoms with Crippen LogP contribution in [0.3, 0.4) is 0 Å². The average Bonchev–Trinajstić information content (AvgIpc) is 3.20. The third kappa shape index (κ3) is 5.89. The minimum atomic E-state index is -0.254. The van der Waals surface area contributed by atoms with Gasteiger partial charge in [0.25, 0.3) is 0 Å². The van der Waals surface area contributed by atoms with E-state index in [1.165, 1.54) is 0 Å². The van der Waals surface area contributed by atoms with Crippen molar-refractivity contribution in [1.82, 2.24) is 14.7 Å². The van der Waals surface area contributed by atoms with E-state index in [1.807, 2.05) is 106 Å². The number of nitrogens with zero attached hydrogens (tertiary/aromatic N) is 3. The summed E-state index contributed by atoms with van der Waals surface area (Å²) in [6.07, 6.45) is 1.03. The molecule has 2 amide bonds. The molecule has 0 atom stereocenters. The molecule has 1 heterocycles. The lowest BCUT2D eigenvalue weighted by atomic mass is 10.1. The molecule has 0 bridgehead atoms. The van der Waals surface area contributed by atoms with E-state index in [4.69, 9.17) is 5.10 Å². The molecule has 4 aromatic rings. The highest BCUT2D eigenvalue weighted by Gasteiger charge is 2.22. The molecule has 0 aliphatic heterocycles. The predicted octanol–water partition coefficient (Wildman–Crippen LogP) is 5.58. The molecule has 0 aliphatic rings. The minimum Gasteiger partial charge on any atom is -0.333 e. The first-order valence-electron chi connectivity index (χ1n) is 12.3. The molecule has 1 aromatic heterocycles. The van der Waals surface area contributed by atoms with E-state index in [1.54, 1.807) is 9.58 Å². The summed E-state index contributed by atoms with van der Waals surface area (Å²) in [6, 6.07) is 27.5. The Kier molecular flexibility index (Phi) is 7.95. The quantitative estimate of drug-likeness (QED) is 0.340. The van der Waals surface area contributed by atoms with E-state index >= 15 is 0 Å². The monoisotopic (exact) mass is 480 g/mol. The first-order chi connectivity index (χ1) is 17.5. The van der Waals surface area contributed by atoms with Crippen LogP contribution in [0.4, 0.5) is 5.82 Å². The molecule has 1 N–H and O–H groups in total. The van der Waals surface area contributed by atoms with Gasteiger partial charge in [-0.25, -0.2) is 4.68 Å². The van der Waals surface area contributed by atoms with Crippen molar-refractivity contribution in [3.8, 4) is 16.8 Å². The molecular formula is C30H32N4O2. The number of benzene rings is 3. The van der Waals surface area contributed by atoms with Gasteiger partial charge in [0.15, 0.2) is 0 Å². The Balaban J connectivity index is 1.63. The lowest BCUT2D eigenvalue weighted by Crippen LogP contribution is -2.39. The third-order valence-electron chi connectivity index (χ3n) is 6.04. The van der Waals surface area contributed by atoms with Gasteiger partial charge < -0.3 is 10.2 Å². The normalized spacial score (nSPS) is 10.8. The number of nitrogens with one attached hydrogen (secondary N) is 1. The first kappa shape index (κ1) is 24.9. The van der Waals surface area contributed by atoms with Gasteiger partial charge in [-0.2, -0.15) is 5.10 Å². The Bertz CT molecular complexity index is 1310. The van der Waals surface area contributed by atoms with Gasteiger partial charge in [-0.1, -0.05) is 85.3 Å². The van der Waals surface area contributed by atoms with Gasteiger partial charge in [-0.15, -0.1) is 0 Å². The van der Waals surface area contributed by atoms with E-state index in [9.17, 15) is 9.59 Å². The zero-order valence-electron chi connectivity index (χ0n) is 21.1. The number of amides is 2. The van der Waals surface area contributed by atoms with Crippen LogP contribution in [-0.2, 0) is 16.0 Å². The second-order valence-electron chi connectivity index (χ2n) is 8.95. The van der Waals surface area contributed by atoms with Gasteiger partial charge in [-0.3, -0.25) is 9.59 Å². The number of carbonyl (C=O) groups excluding carboxylic acids is 2. The van der Waals surface area contributed by atoms with Gasteiger partial charge in [0.1, 0.15) is 5.82 Å². The SMILES string of the molecule is CCCN(CC(=O)Nc1c(-c2ccccc2)c(C)nn1-c1ccc(C)cc1)C(=O)Cc1ccccc1. The molecule has 0 spiro atoms. The van der Waals surface area contributed by atoms with Gasteiger partial charge in [0, 0.05) is 12.1 Å². The maximum Gasteiger partial charge on any atom is 0.245 e. The van der Waals surface area contributed by atoms with Crippen molar-refractivity contribution in [3.05, 3.63) is 102 Å². The highest BCUT2D eigenvalue weighted by molar-refractivity contribution is 5.98. The number of aromatic nitrogens is 2. The van der Waals surface area contributed by atoms with Crippen molar-refractivity contribution >= 4 is 17.6 Å². The first-order valence-corrected chi connectivity index (χ1v) is 12.3. The van der Waals surface area contributed by atoms with Crippen LogP contribution >= 0.6 is 0 Å². The van der Waals surface area contributed by atoms with Crippen LogP contribution in [0.1, 0.15) is 30.2 Å². The fourth-order valence-corrected chi connectivity index (χ4v) is 4.26. The smallest absolute Gasteiger partial charge is 0.245 e. The zero-order chi connectivity index (χ0) is 25.5. The summed E-state index contributed by atoms with van der Waals surface area (Å²) < 4.78 is 1.77. The van der Waals surface area contributed by atoms with Crippen LogP contribution in [-0.4, -0.2) is 39.6 Å². The molecular weight excluding hydrogens is 448 g/mol. The lowest BCUT2D eigenvalue weighted by molar-refractivity contribution is -0.134. The third-order valence-corrected chi connectivity index (χ3v) is 6.04. The van der Waals surface area contributed by atoms with Crippen molar-refractivity contribution in [3.63, 3.8) is 0 Å². The molecule has 6 heteroatoms. The van der Waals surface area contributed by atoms with Crippen LogP contribution in [0.25, 0.3) is 16.8 Å². The highest BCUT2D eigenvalue weighted by atomic mass is 16.2. The summed E-state index contributed by atoms with van der Waals surface area (Å²) in [5.41, 5.74) is 5.57. The summed E-state index contributed by atoms with van der Waals surface area (Å²) in [7, 11) is 0. The summed E-state index contributed by atoms with van der Waals surface area (Å²) in [6.45, 7) is 6.47. The average molecular weight is 481 g/mol. The predicted molar refractivity (Wildman–Crippen MR) is 144 cm³/mol. The molecule has 3 aromatic carbocycles. The molecule has 0 saturated heterocycles. The molecule has 6 nitrogen and oxygen atoms in total. The van der Waals surface area contributed by atoms with Crippen LogP contribution in [0.5, 0.6) is 0 Å². The minimum absolute atomic E-state index is 0.0220. The van der Waals surface area contributed by atoms with Gasteiger partial charge >= 0.3 is 0 Å². The second kappa shape index (κ2) is 11.5. The number of rotatable bonds is 9. The molecule has 0 saturated carbocycles. The Morgan fingerprint density at radius 2 is 1.53 bits per heavy atom. The van der Waals surface area contributed by atoms with Gasteiger partial charge in [0.2, 0.25) is 11.8 Å². The van der Waals surface area contributed by atoms with E-state index in [0.717, 1.165) is 40.1 Å². The van der Waals surface area contributed by atoms with Gasteiger partial charge in [0.05, 0.1) is 24.3 Å². The number of hydrogen-bond acceptors (Lipinski definition) is 3. The summed E-state index contributed by atoms with van der Waals surface area (Å²) in [4.78, 5) is 28.0. The highest BCUT2D eigenvalue weighted by Crippen LogP contribution is 2.33. The second-order valence-corrected chi connectivity index (χ2v) is 8.95. The molecule has 0 fully saturated rings. The Hall–Kier alpha value is -4.19. The lowest BCUT2D eigenvalue weighted by Gasteiger charge is -2.22. The number of anilines is 1. The maximum absolute atomic E-state index is 13.3. The molecule has 0 unspecified atom stereocenters. The van der Waals surface area contributed by atoms with Crippen molar-refractivity contribution in [2.24, 2.45) is 0 Å². The fraction of sp³-hybridized carbons (Fsp3) is 0.233. The Labute approximate surface area is 212 Å². The van der Waals surface area contributed by atoms with Crippen molar-refractivity contribution in [2.45, 2.75) is 33.6 Å². The van der Waals surface area contributed by atoms with Crippen LogP contribution in [0, 0.1) is 13.8 Å². The summed E-state index contributed by atoms with van der Waals surface area (Å²) >= 11 is 0. The van der Waals surface area contributed by atoms with E-state index in [2.05, 4.69) is 5.32 Å². The topological polar surface area (TPSA) is 67.2 Å². The number of carbonyl (C=O) groups is 2. The maximum atomic E-state index is 13.3. The van der Waals surface area contributed by atoms with Crippen LogP contribution < -0.4 is 5.32 Å². The largest absolute Gasteiger partial charge is 0.333 e.